The van der Waals surface area contributed by atoms with Crippen LogP contribution in [0.5, 0.6) is 0 Å². The number of halogens is 3. The van der Waals surface area contributed by atoms with E-state index in [1.54, 1.807) is 24.3 Å². The molecule has 0 aliphatic carbocycles. The Balaban J connectivity index is 1.35. The number of alkyl halides is 2. The van der Waals surface area contributed by atoms with Crippen molar-refractivity contribution in [2.75, 3.05) is 26.3 Å². The summed E-state index contributed by atoms with van der Waals surface area (Å²) in [5, 5.41) is 15.9. The Morgan fingerprint density at radius 2 is 1.81 bits per heavy atom. The van der Waals surface area contributed by atoms with Crippen molar-refractivity contribution in [1.82, 2.24) is 24.6 Å². The Labute approximate surface area is 285 Å². The number of thiazole rings is 1. The van der Waals surface area contributed by atoms with E-state index in [0.717, 1.165) is 54.1 Å². The van der Waals surface area contributed by atoms with E-state index in [4.69, 9.17) is 31.0 Å². The number of carboxylic acid groups (broad SMARTS) is 1. The SMILES string of the molecule is Cc1cc2nc(-c3ccc4c(n3)c(C3CCN(C5COC5)CC3)nn4C(F)F)sc2c(-c2ccc(Cl)cc2)c1C(OC(C)(C)C)C(=O)O. The van der Waals surface area contributed by atoms with E-state index in [-0.39, 0.29) is 11.4 Å². The standard InChI is InChI=1S/C35H36ClF2N5O4S/c1-18-15-24-31(27(19-5-7-21(36)8-6-19)26(18)30(33(44)45)47-35(2,3)4)48-32(40-24)23-9-10-25-29(39-23)28(41-43(25)34(37)38)20-11-13-42(14-12-20)22-16-46-17-22/h5-10,15,20,22,30,34H,11-14,16-17H2,1-4H3,(H,44,45). The summed E-state index contributed by atoms with van der Waals surface area (Å²) in [6, 6.07) is 12.9. The van der Waals surface area contributed by atoms with E-state index in [0.29, 0.717) is 55.2 Å². The highest BCUT2D eigenvalue weighted by atomic mass is 35.5. The molecule has 5 heterocycles. The van der Waals surface area contributed by atoms with Gasteiger partial charge in [0.1, 0.15) is 10.5 Å². The predicted molar refractivity (Wildman–Crippen MR) is 182 cm³/mol. The lowest BCUT2D eigenvalue weighted by Gasteiger charge is -2.41. The molecule has 9 nitrogen and oxygen atoms in total. The Hall–Kier alpha value is -3.55. The minimum Gasteiger partial charge on any atom is -0.479 e. The number of pyridine rings is 1. The number of aromatic nitrogens is 4. The fraction of sp³-hybridized carbons (Fsp3) is 0.429. The molecule has 0 saturated carbocycles. The molecule has 7 rings (SSSR count). The molecular weight excluding hydrogens is 660 g/mol. The quantitative estimate of drug-likeness (QED) is 0.173. The van der Waals surface area contributed by atoms with Crippen molar-refractivity contribution in [2.24, 2.45) is 0 Å². The number of hydrogen-bond acceptors (Lipinski definition) is 8. The van der Waals surface area contributed by atoms with Gasteiger partial charge in [0.05, 0.1) is 52.0 Å². The third-order valence-corrected chi connectivity index (χ3v) is 10.4. The van der Waals surface area contributed by atoms with Crippen molar-refractivity contribution in [2.45, 2.75) is 70.8 Å². The minimum atomic E-state index is -2.80. The number of hydrogen-bond donors (Lipinski definition) is 1. The van der Waals surface area contributed by atoms with Crippen LogP contribution in [0.1, 0.15) is 69.0 Å². The van der Waals surface area contributed by atoms with Crippen molar-refractivity contribution in [3.8, 4) is 21.8 Å². The topological polar surface area (TPSA) is 103 Å². The number of nitrogens with zero attached hydrogens (tertiary/aromatic N) is 5. The average molecular weight is 696 g/mol. The van der Waals surface area contributed by atoms with Crippen LogP contribution < -0.4 is 0 Å². The van der Waals surface area contributed by atoms with Gasteiger partial charge in [0, 0.05) is 22.1 Å². The van der Waals surface area contributed by atoms with Gasteiger partial charge in [0.25, 0.3) is 0 Å². The van der Waals surface area contributed by atoms with Crippen molar-refractivity contribution in [1.29, 1.82) is 0 Å². The molecule has 0 bridgehead atoms. The molecule has 0 spiro atoms. The number of ether oxygens (including phenoxy) is 2. The maximum absolute atomic E-state index is 14.2. The van der Waals surface area contributed by atoms with Crippen LogP contribution in [0.15, 0.2) is 42.5 Å². The Morgan fingerprint density at radius 3 is 2.42 bits per heavy atom. The van der Waals surface area contributed by atoms with E-state index >= 15 is 0 Å². The first-order valence-electron chi connectivity index (χ1n) is 16.0. The number of carboxylic acids is 1. The van der Waals surface area contributed by atoms with Gasteiger partial charge in [-0.15, -0.1) is 11.3 Å². The highest BCUT2D eigenvalue weighted by Gasteiger charge is 2.34. The fourth-order valence-electron chi connectivity index (χ4n) is 6.71. The first kappa shape index (κ1) is 33.0. The normalized spacial score (nSPS) is 17.4. The number of rotatable bonds is 8. The number of aliphatic carboxylic acids is 1. The zero-order chi connectivity index (χ0) is 33.9. The van der Waals surface area contributed by atoms with E-state index in [1.807, 2.05) is 45.9 Å². The summed E-state index contributed by atoms with van der Waals surface area (Å²) < 4.78 is 41.4. The third kappa shape index (κ3) is 6.20. The lowest BCUT2D eigenvalue weighted by molar-refractivity contribution is -0.160. The number of carbonyl (C=O) groups is 1. The van der Waals surface area contributed by atoms with Crippen LogP contribution in [-0.2, 0) is 14.3 Å². The minimum absolute atomic E-state index is 0.000320. The van der Waals surface area contributed by atoms with Crippen LogP contribution in [0.3, 0.4) is 0 Å². The molecule has 2 saturated heterocycles. The molecule has 0 amide bonds. The zero-order valence-corrected chi connectivity index (χ0v) is 28.6. The molecule has 2 aromatic carbocycles. The molecule has 3 aromatic heterocycles. The van der Waals surface area contributed by atoms with E-state index < -0.39 is 24.2 Å². The van der Waals surface area contributed by atoms with Crippen molar-refractivity contribution < 1.29 is 28.2 Å². The Morgan fingerprint density at radius 1 is 1.10 bits per heavy atom. The number of likely N-dealkylation sites (tertiary alicyclic amines) is 1. The Kier molecular flexibility index (Phi) is 8.74. The monoisotopic (exact) mass is 695 g/mol. The van der Waals surface area contributed by atoms with Crippen LogP contribution in [0.4, 0.5) is 8.78 Å². The molecule has 0 radical (unpaired) electrons. The maximum atomic E-state index is 14.2. The molecule has 48 heavy (non-hydrogen) atoms. The second-order valence-corrected chi connectivity index (χ2v) is 14.9. The summed E-state index contributed by atoms with van der Waals surface area (Å²) in [4.78, 5) is 25.0. The predicted octanol–water partition coefficient (Wildman–Crippen LogP) is 8.25. The molecule has 1 unspecified atom stereocenters. The summed E-state index contributed by atoms with van der Waals surface area (Å²) in [6.07, 6.45) is 0.352. The molecule has 1 N–H and O–H groups in total. The zero-order valence-electron chi connectivity index (χ0n) is 27.0. The van der Waals surface area contributed by atoms with Gasteiger partial charge < -0.3 is 14.6 Å². The smallest absolute Gasteiger partial charge is 0.337 e. The molecule has 5 aromatic rings. The van der Waals surface area contributed by atoms with E-state index in [2.05, 4.69) is 10.00 Å². The van der Waals surface area contributed by atoms with E-state index in [9.17, 15) is 18.7 Å². The summed E-state index contributed by atoms with van der Waals surface area (Å²) in [5.74, 6) is -1.10. The van der Waals surface area contributed by atoms with Crippen LogP contribution in [0.2, 0.25) is 5.02 Å². The average Bonchev–Trinajstić information content (AvgIpc) is 3.60. The van der Waals surface area contributed by atoms with Gasteiger partial charge in [-0.05, 0) is 95.1 Å². The van der Waals surface area contributed by atoms with Crippen LogP contribution >= 0.6 is 22.9 Å². The first-order valence-corrected chi connectivity index (χ1v) is 17.2. The molecule has 13 heteroatoms. The lowest BCUT2D eigenvalue weighted by atomic mass is 9.91. The highest BCUT2D eigenvalue weighted by Crippen LogP contribution is 2.45. The van der Waals surface area contributed by atoms with Gasteiger partial charge in [0.2, 0.25) is 0 Å². The van der Waals surface area contributed by atoms with Gasteiger partial charge in [-0.2, -0.15) is 13.9 Å². The van der Waals surface area contributed by atoms with Crippen LogP contribution in [0.25, 0.3) is 43.1 Å². The molecule has 252 valence electrons. The Bertz CT molecular complexity index is 2000. The van der Waals surface area contributed by atoms with Crippen LogP contribution in [0, 0.1) is 6.92 Å². The number of aryl methyl sites for hydroxylation is 1. The van der Waals surface area contributed by atoms with Crippen LogP contribution in [-0.4, -0.2) is 73.7 Å². The number of piperidine rings is 1. The second kappa shape index (κ2) is 12.7. The van der Waals surface area contributed by atoms with Crippen molar-refractivity contribution in [3.05, 3.63) is 64.3 Å². The van der Waals surface area contributed by atoms with E-state index in [1.165, 1.54) is 11.3 Å². The third-order valence-electron chi connectivity index (χ3n) is 9.05. The highest BCUT2D eigenvalue weighted by molar-refractivity contribution is 7.22. The number of benzene rings is 2. The fourth-order valence-corrected chi connectivity index (χ4v) is 7.93. The molecule has 2 fully saturated rings. The van der Waals surface area contributed by atoms with Gasteiger partial charge in [-0.3, -0.25) is 4.90 Å². The molecular formula is C35H36ClF2N5O4S. The molecule has 2 aliphatic rings. The summed E-state index contributed by atoms with van der Waals surface area (Å²) in [6.45, 7) is 7.70. The van der Waals surface area contributed by atoms with Gasteiger partial charge in [0.15, 0.2) is 6.10 Å². The largest absolute Gasteiger partial charge is 0.479 e. The van der Waals surface area contributed by atoms with Gasteiger partial charge >= 0.3 is 12.5 Å². The summed E-state index contributed by atoms with van der Waals surface area (Å²) in [5.41, 5.74) is 4.49. The molecule has 2 aliphatic heterocycles. The molecule has 1 atom stereocenters. The van der Waals surface area contributed by atoms with Gasteiger partial charge in [-0.25, -0.2) is 19.4 Å². The summed E-state index contributed by atoms with van der Waals surface area (Å²) >= 11 is 7.62. The number of fused-ring (bicyclic) bond motifs is 2. The van der Waals surface area contributed by atoms with Crippen molar-refractivity contribution in [3.63, 3.8) is 0 Å². The summed E-state index contributed by atoms with van der Waals surface area (Å²) in [7, 11) is 0. The van der Waals surface area contributed by atoms with Crippen molar-refractivity contribution >= 4 is 50.2 Å². The second-order valence-electron chi connectivity index (χ2n) is 13.5. The lowest BCUT2D eigenvalue weighted by Crippen LogP contribution is -2.51. The van der Waals surface area contributed by atoms with Gasteiger partial charge in [-0.1, -0.05) is 23.7 Å². The maximum Gasteiger partial charge on any atom is 0.337 e. The first-order chi connectivity index (χ1) is 22.9.